The van der Waals surface area contributed by atoms with Gasteiger partial charge >= 0.3 is 11.7 Å². The highest BCUT2D eigenvalue weighted by Gasteiger charge is 2.27. The highest BCUT2D eigenvalue weighted by molar-refractivity contribution is 5.87. The molecule has 0 spiro atoms. The Morgan fingerprint density at radius 3 is 2.67 bits per heavy atom. The van der Waals surface area contributed by atoms with E-state index in [0.717, 1.165) is 11.0 Å². The quantitative estimate of drug-likeness (QED) is 0.707. The van der Waals surface area contributed by atoms with Crippen LogP contribution < -0.4 is 5.69 Å². The van der Waals surface area contributed by atoms with E-state index >= 15 is 0 Å². The summed E-state index contributed by atoms with van der Waals surface area (Å²) in [6.07, 6.45) is 3.37. The summed E-state index contributed by atoms with van der Waals surface area (Å²) in [5.41, 5.74) is 1.04. The van der Waals surface area contributed by atoms with E-state index < -0.39 is 5.69 Å². The molecule has 0 bridgehead atoms. The van der Waals surface area contributed by atoms with Gasteiger partial charge in [-0.3, -0.25) is 4.57 Å². The molecule has 0 aliphatic carbocycles. The number of carbonyl (C=O) groups excluding carboxylic acids is 1. The molecule has 1 amide bonds. The monoisotopic (exact) mass is 369 g/mol. The van der Waals surface area contributed by atoms with Gasteiger partial charge in [0.05, 0.1) is 6.20 Å². The smallest absolute Gasteiger partial charge is 0.324 e. The van der Waals surface area contributed by atoms with Crippen LogP contribution in [0, 0.1) is 5.82 Å². The molecule has 0 saturated carbocycles. The summed E-state index contributed by atoms with van der Waals surface area (Å²) in [5.74, 6) is 0.213. The molecule has 8 heteroatoms. The maximum atomic E-state index is 13.8. The minimum absolute atomic E-state index is 0.263. The van der Waals surface area contributed by atoms with Crippen molar-refractivity contribution in [3.8, 4) is 0 Å². The van der Waals surface area contributed by atoms with E-state index in [1.165, 1.54) is 10.6 Å². The van der Waals surface area contributed by atoms with Gasteiger partial charge in [-0.15, -0.1) is 0 Å². The lowest BCUT2D eigenvalue weighted by molar-refractivity contribution is 0.169. The lowest BCUT2D eigenvalue weighted by Crippen LogP contribution is -2.47. The normalized spacial score (nSPS) is 13.8. The van der Waals surface area contributed by atoms with E-state index in [0.29, 0.717) is 55.0 Å². The summed E-state index contributed by atoms with van der Waals surface area (Å²) in [7, 11) is 0. The Kier molecular flexibility index (Phi) is 4.47. The van der Waals surface area contributed by atoms with Gasteiger partial charge in [-0.25, -0.2) is 23.9 Å². The number of fused-ring (bicyclic) bond motifs is 1. The minimum Gasteiger partial charge on any atom is -0.324 e. The molecule has 140 valence electrons. The Morgan fingerprint density at radius 1 is 1.22 bits per heavy atom. The number of aryl methyl sites for hydroxylation is 3. The number of imidazole rings is 1. The molecule has 1 aromatic carbocycles. The average molecular weight is 369 g/mol. The first-order valence-electron chi connectivity index (χ1n) is 9.10. The maximum absolute atomic E-state index is 13.8. The van der Waals surface area contributed by atoms with Crippen molar-refractivity contribution in [2.24, 2.45) is 0 Å². The van der Waals surface area contributed by atoms with Crippen LogP contribution in [0.1, 0.15) is 24.7 Å². The van der Waals surface area contributed by atoms with E-state index in [4.69, 9.17) is 0 Å². The lowest BCUT2D eigenvalue weighted by atomic mass is 10.1. The van der Waals surface area contributed by atoms with Gasteiger partial charge in [-0.1, -0.05) is 18.2 Å². The van der Waals surface area contributed by atoms with Crippen molar-refractivity contribution < 1.29 is 9.18 Å². The summed E-state index contributed by atoms with van der Waals surface area (Å²) in [6.45, 7) is 3.56. The number of hydrogen-bond donors (Lipinski definition) is 0. The number of aromatic nitrogens is 4. The number of nitrogens with zero attached hydrogens (tertiary/aromatic N) is 5. The SMILES string of the molecule is CCn1c(=O)n(C(=O)N2CCC2)c2nc(CCc3ccccc3F)ncc21. The molecule has 1 fully saturated rings. The molecule has 0 N–H and O–H groups in total. The van der Waals surface area contributed by atoms with Gasteiger partial charge in [0.2, 0.25) is 0 Å². The van der Waals surface area contributed by atoms with Crippen LogP contribution in [-0.2, 0) is 19.4 Å². The molecule has 7 nitrogen and oxygen atoms in total. The second-order valence-electron chi connectivity index (χ2n) is 6.57. The summed E-state index contributed by atoms with van der Waals surface area (Å²) in [4.78, 5) is 35.8. The van der Waals surface area contributed by atoms with Crippen LogP contribution >= 0.6 is 0 Å². The summed E-state index contributed by atoms with van der Waals surface area (Å²) in [5, 5.41) is 0. The Bertz CT molecular complexity index is 1070. The van der Waals surface area contributed by atoms with Gasteiger partial charge < -0.3 is 4.90 Å². The van der Waals surface area contributed by atoms with Crippen molar-refractivity contribution in [3.05, 3.63) is 58.2 Å². The molecule has 0 radical (unpaired) electrons. The second kappa shape index (κ2) is 6.94. The van der Waals surface area contributed by atoms with Crippen LogP contribution in [0.3, 0.4) is 0 Å². The molecule has 0 unspecified atom stereocenters. The van der Waals surface area contributed by atoms with Gasteiger partial charge in [-0.05, 0) is 31.4 Å². The number of carbonyl (C=O) groups is 1. The predicted molar refractivity (Wildman–Crippen MR) is 98.3 cm³/mol. The van der Waals surface area contributed by atoms with E-state index in [-0.39, 0.29) is 11.8 Å². The van der Waals surface area contributed by atoms with Gasteiger partial charge in [-0.2, -0.15) is 4.57 Å². The minimum atomic E-state index is -0.398. The highest BCUT2D eigenvalue weighted by atomic mass is 19.1. The third-order valence-electron chi connectivity index (χ3n) is 4.93. The first-order valence-corrected chi connectivity index (χ1v) is 9.10. The van der Waals surface area contributed by atoms with Crippen molar-refractivity contribution in [3.63, 3.8) is 0 Å². The lowest BCUT2D eigenvalue weighted by Gasteiger charge is -2.30. The summed E-state index contributed by atoms with van der Waals surface area (Å²) in [6, 6.07) is 6.24. The summed E-state index contributed by atoms with van der Waals surface area (Å²) < 4.78 is 16.4. The molecule has 4 rings (SSSR count). The molecule has 27 heavy (non-hydrogen) atoms. The van der Waals surface area contributed by atoms with Gasteiger partial charge in [0.15, 0.2) is 5.65 Å². The van der Waals surface area contributed by atoms with E-state index in [9.17, 15) is 14.0 Å². The molecular weight excluding hydrogens is 349 g/mol. The zero-order chi connectivity index (χ0) is 19.0. The Hall–Kier alpha value is -3.03. The van der Waals surface area contributed by atoms with Crippen LogP contribution in [-0.4, -0.2) is 43.1 Å². The largest absolute Gasteiger partial charge is 0.338 e. The Labute approximate surface area is 155 Å². The molecule has 1 aliphatic rings. The third kappa shape index (κ3) is 3.01. The highest BCUT2D eigenvalue weighted by Crippen LogP contribution is 2.15. The molecule has 1 saturated heterocycles. The Balaban J connectivity index is 1.71. The first kappa shape index (κ1) is 17.4. The van der Waals surface area contributed by atoms with Crippen LogP contribution in [0.5, 0.6) is 0 Å². The Morgan fingerprint density at radius 2 is 2.00 bits per heavy atom. The standard InChI is InChI=1S/C19H20FN5O2/c1-2-24-15-12-21-16(9-8-13-6-3-4-7-14(13)20)22-17(15)25(19(24)27)18(26)23-10-5-11-23/h3-4,6-7,12H,2,5,8-11H2,1H3. The fraction of sp³-hybridized carbons (Fsp3) is 0.368. The third-order valence-corrected chi connectivity index (χ3v) is 4.93. The number of hydrogen-bond acceptors (Lipinski definition) is 4. The molecule has 0 atom stereocenters. The fourth-order valence-corrected chi connectivity index (χ4v) is 3.27. The van der Waals surface area contributed by atoms with Crippen LogP contribution in [0.15, 0.2) is 35.3 Å². The zero-order valence-electron chi connectivity index (χ0n) is 15.1. The van der Waals surface area contributed by atoms with Crippen molar-refractivity contribution >= 4 is 17.2 Å². The van der Waals surface area contributed by atoms with Crippen LogP contribution in [0.4, 0.5) is 9.18 Å². The number of halogens is 1. The van der Waals surface area contributed by atoms with Gasteiger partial charge in [0.1, 0.15) is 17.2 Å². The van der Waals surface area contributed by atoms with Crippen LogP contribution in [0.25, 0.3) is 11.2 Å². The zero-order valence-corrected chi connectivity index (χ0v) is 15.1. The van der Waals surface area contributed by atoms with Gasteiger partial charge in [0.25, 0.3) is 0 Å². The topological polar surface area (TPSA) is 73.0 Å². The van der Waals surface area contributed by atoms with Crippen LogP contribution in [0.2, 0.25) is 0 Å². The second-order valence-corrected chi connectivity index (χ2v) is 6.57. The number of amides is 1. The summed E-state index contributed by atoms with van der Waals surface area (Å²) >= 11 is 0. The fourth-order valence-electron chi connectivity index (χ4n) is 3.27. The molecular formula is C19H20FN5O2. The number of benzene rings is 1. The van der Waals surface area contributed by atoms with Crippen molar-refractivity contribution in [2.45, 2.75) is 32.7 Å². The first-order chi connectivity index (χ1) is 13.1. The van der Waals surface area contributed by atoms with E-state index in [2.05, 4.69) is 9.97 Å². The molecule has 2 aromatic heterocycles. The number of rotatable bonds is 4. The van der Waals surface area contributed by atoms with Crippen molar-refractivity contribution in [1.82, 2.24) is 24.0 Å². The van der Waals surface area contributed by atoms with E-state index in [1.807, 2.05) is 6.92 Å². The average Bonchev–Trinajstić information content (AvgIpc) is 2.90. The number of likely N-dealkylation sites (tertiary alicyclic amines) is 1. The predicted octanol–water partition coefficient (Wildman–Crippen LogP) is 2.21. The maximum Gasteiger partial charge on any atom is 0.338 e. The van der Waals surface area contributed by atoms with Crippen molar-refractivity contribution in [2.75, 3.05) is 13.1 Å². The van der Waals surface area contributed by atoms with Crippen molar-refractivity contribution in [1.29, 1.82) is 0 Å². The molecule has 1 aliphatic heterocycles. The molecule has 3 aromatic rings. The van der Waals surface area contributed by atoms with E-state index in [1.54, 1.807) is 29.3 Å². The van der Waals surface area contributed by atoms with Gasteiger partial charge in [0, 0.05) is 26.1 Å². The molecule has 3 heterocycles.